The van der Waals surface area contributed by atoms with Crippen molar-refractivity contribution in [1.82, 2.24) is 15.1 Å². The number of furan rings is 1. The second kappa shape index (κ2) is 5.99. The Hall–Kier alpha value is -2.83. The number of urea groups is 1. The van der Waals surface area contributed by atoms with Gasteiger partial charge in [-0.15, -0.1) is 0 Å². The molecule has 1 aliphatic rings. The molecular formula is C17H19N3O4. The van der Waals surface area contributed by atoms with Crippen molar-refractivity contribution in [3.63, 3.8) is 0 Å². The molecule has 24 heavy (non-hydrogen) atoms. The van der Waals surface area contributed by atoms with Crippen molar-refractivity contribution in [3.05, 3.63) is 35.6 Å². The van der Waals surface area contributed by atoms with E-state index in [1.54, 1.807) is 0 Å². The second-order valence-electron chi connectivity index (χ2n) is 5.93. The molecule has 1 atom stereocenters. The summed E-state index contributed by atoms with van der Waals surface area (Å²) in [5.74, 6) is 0.0181. The van der Waals surface area contributed by atoms with Crippen LogP contribution in [0.25, 0.3) is 11.0 Å². The summed E-state index contributed by atoms with van der Waals surface area (Å²) in [6.07, 6.45) is -0.0648. The third-order valence-corrected chi connectivity index (χ3v) is 4.44. The van der Waals surface area contributed by atoms with Gasteiger partial charge in [0.05, 0.1) is 13.0 Å². The van der Waals surface area contributed by atoms with E-state index in [-0.39, 0.29) is 24.8 Å². The topological polar surface area (TPSA) is 82.9 Å². The van der Waals surface area contributed by atoms with Gasteiger partial charge in [0.2, 0.25) is 5.91 Å². The Balaban J connectivity index is 1.64. The maximum atomic E-state index is 12.1. The number of nitrogens with zero attached hydrogens (tertiary/aromatic N) is 2. The van der Waals surface area contributed by atoms with E-state index in [9.17, 15) is 14.4 Å². The zero-order valence-corrected chi connectivity index (χ0v) is 13.8. The van der Waals surface area contributed by atoms with Crippen molar-refractivity contribution in [2.75, 3.05) is 14.1 Å². The third-order valence-electron chi connectivity index (χ3n) is 4.44. The molecule has 0 bridgehead atoms. The molecule has 1 aromatic heterocycles. The summed E-state index contributed by atoms with van der Waals surface area (Å²) < 4.78 is 5.74. The van der Waals surface area contributed by atoms with E-state index in [1.165, 1.54) is 19.0 Å². The molecule has 1 N–H and O–H groups in total. The summed E-state index contributed by atoms with van der Waals surface area (Å²) in [7, 11) is 2.93. The molecule has 0 saturated carbocycles. The molecule has 0 radical (unpaired) electrons. The highest BCUT2D eigenvalue weighted by Gasteiger charge is 2.41. The number of carbonyl (C=O) groups excluding carboxylic acids is 3. The van der Waals surface area contributed by atoms with Gasteiger partial charge in [0.1, 0.15) is 17.4 Å². The Morgan fingerprint density at radius 2 is 1.96 bits per heavy atom. The van der Waals surface area contributed by atoms with E-state index in [0.29, 0.717) is 5.76 Å². The van der Waals surface area contributed by atoms with Crippen LogP contribution in [0.15, 0.2) is 28.7 Å². The standard InChI is InChI=1S/C17H19N3O4/c1-10-11-6-4-5-7-13(11)24-14(10)9-18-15(21)8-12-16(22)20(3)17(23)19(12)2/h4-7,12H,8-9H2,1-3H3,(H,18,21). The first-order valence-electron chi connectivity index (χ1n) is 7.68. The van der Waals surface area contributed by atoms with E-state index >= 15 is 0 Å². The quantitative estimate of drug-likeness (QED) is 0.865. The predicted molar refractivity (Wildman–Crippen MR) is 87.1 cm³/mol. The normalized spacial score (nSPS) is 17.9. The van der Waals surface area contributed by atoms with Gasteiger partial charge in [0.15, 0.2) is 0 Å². The zero-order valence-electron chi connectivity index (χ0n) is 13.8. The van der Waals surface area contributed by atoms with Gasteiger partial charge in [-0.2, -0.15) is 0 Å². The zero-order chi connectivity index (χ0) is 17.4. The van der Waals surface area contributed by atoms with Gasteiger partial charge in [-0.1, -0.05) is 18.2 Å². The first-order chi connectivity index (χ1) is 11.4. The van der Waals surface area contributed by atoms with E-state index < -0.39 is 12.1 Å². The van der Waals surface area contributed by atoms with Crippen LogP contribution in [-0.4, -0.2) is 47.8 Å². The minimum absolute atomic E-state index is 0.0648. The number of imide groups is 1. The number of para-hydroxylation sites is 1. The summed E-state index contributed by atoms with van der Waals surface area (Å²) in [6.45, 7) is 2.18. The average Bonchev–Trinajstić information content (AvgIpc) is 2.99. The number of hydrogen-bond acceptors (Lipinski definition) is 4. The second-order valence-corrected chi connectivity index (χ2v) is 5.93. The molecule has 1 saturated heterocycles. The summed E-state index contributed by atoms with van der Waals surface area (Å²) >= 11 is 0. The van der Waals surface area contributed by atoms with E-state index in [2.05, 4.69) is 5.32 Å². The molecule has 2 aromatic rings. The highest BCUT2D eigenvalue weighted by Crippen LogP contribution is 2.24. The number of rotatable bonds is 4. The van der Waals surface area contributed by atoms with Crippen LogP contribution in [0.1, 0.15) is 17.7 Å². The van der Waals surface area contributed by atoms with Crippen LogP contribution in [0, 0.1) is 6.92 Å². The molecular weight excluding hydrogens is 310 g/mol. The number of aryl methyl sites for hydroxylation is 1. The fourth-order valence-electron chi connectivity index (χ4n) is 2.90. The first-order valence-corrected chi connectivity index (χ1v) is 7.68. The largest absolute Gasteiger partial charge is 0.459 e. The van der Waals surface area contributed by atoms with Crippen LogP contribution in [0.3, 0.4) is 0 Å². The Morgan fingerprint density at radius 1 is 1.25 bits per heavy atom. The number of carbonyl (C=O) groups is 3. The van der Waals surface area contributed by atoms with Crippen molar-refractivity contribution in [3.8, 4) is 0 Å². The molecule has 7 heteroatoms. The molecule has 1 fully saturated rings. The van der Waals surface area contributed by atoms with Crippen molar-refractivity contribution < 1.29 is 18.8 Å². The molecule has 0 aliphatic carbocycles. The maximum Gasteiger partial charge on any atom is 0.326 e. The number of likely N-dealkylation sites (N-methyl/N-ethyl adjacent to an activating group) is 2. The van der Waals surface area contributed by atoms with Gasteiger partial charge in [0, 0.05) is 25.0 Å². The van der Waals surface area contributed by atoms with E-state index in [4.69, 9.17) is 4.42 Å². The lowest BCUT2D eigenvalue weighted by atomic mass is 10.1. The van der Waals surface area contributed by atoms with Crippen molar-refractivity contribution in [2.45, 2.75) is 25.9 Å². The fraction of sp³-hybridized carbons (Fsp3) is 0.353. The molecule has 7 nitrogen and oxygen atoms in total. The highest BCUT2D eigenvalue weighted by molar-refractivity contribution is 6.05. The Bertz CT molecular complexity index is 826. The number of benzene rings is 1. The molecule has 1 aliphatic heterocycles. The number of amides is 4. The van der Waals surface area contributed by atoms with Gasteiger partial charge in [0.25, 0.3) is 5.91 Å². The monoisotopic (exact) mass is 329 g/mol. The average molecular weight is 329 g/mol. The van der Waals surface area contributed by atoms with Crippen LogP contribution in [0.2, 0.25) is 0 Å². The Kier molecular flexibility index (Phi) is 4.01. The van der Waals surface area contributed by atoms with E-state index in [1.807, 2.05) is 31.2 Å². The maximum absolute atomic E-state index is 12.1. The molecule has 1 aromatic carbocycles. The van der Waals surface area contributed by atoms with Crippen molar-refractivity contribution in [1.29, 1.82) is 0 Å². The van der Waals surface area contributed by atoms with Crippen LogP contribution in [0.5, 0.6) is 0 Å². The lowest BCUT2D eigenvalue weighted by Crippen LogP contribution is -2.37. The minimum atomic E-state index is -0.751. The van der Waals surface area contributed by atoms with Gasteiger partial charge in [-0.3, -0.25) is 14.5 Å². The van der Waals surface area contributed by atoms with Crippen molar-refractivity contribution in [2.24, 2.45) is 0 Å². The Labute approximate surface area is 139 Å². The summed E-state index contributed by atoms with van der Waals surface area (Å²) in [5, 5.41) is 3.77. The van der Waals surface area contributed by atoms with Gasteiger partial charge in [-0.25, -0.2) is 4.79 Å². The van der Waals surface area contributed by atoms with Crippen LogP contribution >= 0.6 is 0 Å². The number of hydrogen-bond donors (Lipinski definition) is 1. The first kappa shape index (κ1) is 16.0. The summed E-state index contributed by atoms with van der Waals surface area (Å²) in [4.78, 5) is 38.1. The third kappa shape index (κ3) is 2.62. The lowest BCUT2D eigenvalue weighted by molar-refractivity contribution is -0.131. The van der Waals surface area contributed by atoms with Gasteiger partial charge < -0.3 is 14.6 Å². The number of nitrogens with one attached hydrogen (secondary N) is 1. The van der Waals surface area contributed by atoms with Crippen LogP contribution in [0.4, 0.5) is 4.79 Å². The van der Waals surface area contributed by atoms with Gasteiger partial charge >= 0.3 is 6.03 Å². The number of fused-ring (bicyclic) bond motifs is 1. The van der Waals surface area contributed by atoms with Crippen LogP contribution < -0.4 is 5.32 Å². The molecule has 1 unspecified atom stereocenters. The van der Waals surface area contributed by atoms with Crippen molar-refractivity contribution >= 4 is 28.8 Å². The molecule has 0 spiro atoms. The molecule has 4 amide bonds. The summed E-state index contributed by atoms with van der Waals surface area (Å²) in [6, 6.07) is 6.52. The SMILES string of the molecule is Cc1c(CNC(=O)CC2C(=O)N(C)C(=O)N2C)oc2ccccc12. The highest BCUT2D eigenvalue weighted by atomic mass is 16.3. The Morgan fingerprint density at radius 3 is 2.58 bits per heavy atom. The minimum Gasteiger partial charge on any atom is -0.459 e. The fourth-order valence-corrected chi connectivity index (χ4v) is 2.90. The molecule has 126 valence electrons. The van der Waals surface area contributed by atoms with E-state index in [0.717, 1.165) is 21.4 Å². The predicted octanol–water partition coefficient (Wildman–Crippen LogP) is 1.64. The lowest BCUT2D eigenvalue weighted by Gasteiger charge is -2.15. The smallest absolute Gasteiger partial charge is 0.326 e. The van der Waals surface area contributed by atoms with Crippen LogP contribution in [-0.2, 0) is 16.1 Å². The molecule has 3 rings (SSSR count). The summed E-state index contributed by atoms with van der Waals surface area (Å²) in [5.41, 5.74) is 1.76. The van der Waals surface area contributed by atoms with Gasteiger partial charge in [-0.05, 0) is 13.0 Å². The molecule has 2 heterocycles.